The SMILES string of the molecule is CC(C)CNc1cc(F)c(C(=O)O)cc1N. The van der Waals surface area contributed by atoms with E-state index in [0.29, 0.717) is 18.2 Å². The number of nitrogens with one attached hydrogen (secondary N) is 1. The fraction of sp³-hybridized carbons (Fsp3) is 0.364. The van der Waals surface area contributed by atoms with Gasteiger partial charge in [0.1, 0.15) is 5.82 Å². The van der Waals surface area contributed by atoms with Crippen molar-refractivity contribution in [1.82, 2.24) is 0 Å². The maximum atomic E-state index is 13.3. The van der Waals surface area contributed by atoms with Gasteiger partial charge in [0.25, 0.3) is 0 Å². The second kappa shape index (κ2) is 4.83. The summed E-state index contributed by atoms with van der Waals surface area (Å²) in [6.07, 6.45) is 0. The largest absolute Gasteiger partial charge is 0.478 e. The molecule has 0 aliphatic rings. The number of halogens is 1. The van der Waals surface area contributed by atoms with Crippen molar-refractivity contribution >= 4 is 17.3 Å². The fourth-order valence-electron chi connectivity index (χ4n) is 1.22. The summed E-state index contributed by atoms with van der Waals surface area (Å²) in [6.45, 7) is 4.66. The van der Waals surface area contributed by atoms with E-state index >= 15 is 0 Å². The molecule has 0 saturated heterocycles. The van der Waals surface area contributed by atoms with Crippen LogP contribution in [0.5, 0.6) is 0 Å². The number of carboxylic acid groups (broad SMARTS) is 1. The molecule has 0 unspecified atom stereocenters. The first kappa shape index (κ1) is 12.3. The van der Waals surface area contributed by atoms with Crippen LogP contribution in [0, 0.1) is 11.7 Å². The highest BCUT2D eigenvalue weighted by Gasteiger charge is 2.13. The second-order valence-electron chi connectivity index (χ2n) is 4.00. The molecular formula is C11H15FN2O2. The first-order valence-electron chi connectivity index (χ1n) is 4.98. The van der Waals surface area contributed by atoms with E-state index in [0.717, 1.165) is 12.1 Å². The Morgan fingerprint density at radius 2 is 2.19 bits per heavy atom. The van der Waals surface area contributed by atoms with E-state index in [-0.39, 0.29) is 5.69 Å². The number of anilines is 2. The molecule has 0 spiro atoms. The Balaban J connectivity index is 2.96. The van der Waals surface area contributed by atoms with Gasteiger partial charge in [-0.2, -0.15) is 0 Å². The van der Waals surface area contributed by atoms with Crippen molar-refractivity contribution in [1.29, 1.82) is 0 Å². The van der Waals surface area contributed by atoms with E-state index < -0.39 is 17.3 Å². The van der Waals surface area contributed by atoms with Gasteiger partial charge >= 0.3 is 5.97 Å². The molecule has 4 N–H and O–H groups in total. The third kappa shape index (κ3) is 2.85. The van der Waals surface area contributed by atoms with Gasteiger partial charge < -0.3 is 16.2 Å². The Labute approximate surface area is 93.3 Å². The summed E-state index contributed by atoms with van der Waals surface area (Å²) >= 11 is 0. The highest BCUT2D eigenvalue weighted by atomic mass is 19.1. The van der Waals surface area contributed by atoms with Crippen LogP contribution in [0.4, 0.5) is 15.8 Å². The van der Waals surface area contributed by atoms with Gasteiger partial charge in [0.2, 0.25) is 0 Å². The van der Waals surface area contributed by atoms with Crippen LogP contribution in [0.1, 0.15) is 24.2 Å². The molecule has 5 heteroatoms. The van der Waals surface area contributed by atoms with Crippen molar-refractivity contribution in [2.45, 2.75) is 13.8 Å². The summed E-state index contributed by atoms with van der Waals surface area (Å²) in [5.74, 6) is -1.71. The number of nitrogen functional groups attached to an aromatic ring is 1. The molecule has 0 aliphatic heterocycles. The highest BCUT2D eigenvalue weighted by molar-refractivity contribution is 5.90. The molecule has 0 bridgehead atoms. The molecular weight excluding hydrogens is 211 g/mol. The number of aromatic carboxylic acids is 1. The highest BCUT2D eigenvalue weighted by Crippen LogP contribution is 2.23. The molecule has 0 saturated carbocycles. The molecule has 1 rings (SSSR count). The molecule has 88 valence electrons. The maximum Gasteiger partial charge on any atom is 0.338 e. The summed E-state index contributed by atoms with van der Waals surface area (Å²) in [5, 5.41) is 11.6. The van der Waals surface area contributed by atoms with Crippen LogP contribution < -0.4 is 11.1 Å². The lowest BCUT2D eigenvalue weighted by atomic mass is 10.1. The molecule has 0 aromatic heterocycles. The van der Waals surface area contributed by atoms with Gasteiger partial charge in [-0.25, -0.2) is 9.18 Å². The van der Waals surface area contributed by atoms with Crippen LogP contribution in [0.3, 0.4) is 0 Å². The van der Waals surface area contributed by atoms with Crippen molar-refractivity contribution in [2.24, 2.45) is 5.92 Å². The summed E-state index contributed by atoms with van der Waals surface area (Å²) in [6, 6.07) is 2.24. The van der Waals surface area contributed by atoms with Gasteiger partial charge in [0.15, 0.2) is 0 Å². The maximum absolute atomic E-state index is 13.3. The molecule has 1 aromatic rings. The average Bonchev–Trinajstić information content (AvgIpc) is 2.18. The molecule has 1 aromatic carbocycles. The van der Waals surface area contributed by atoms with Crippen LogP contribution in [0.2, 0.25) is 0 Å². The average molecular weight is 226 g/mol. The monoisotopic (exact) mass is 226 g/mol. The minimum atomic E-state index is -1.32. The Kier molecular flexibility index (Phi) is 3.71. The van der Waals surface area contributed by atoms with Crippen LogP contribution in [0.25, 0.3) is 0 Å². The molecule has 0 aliphatic carbocycles. The standard InChI is InChI=1S/C11H15FN2O2/c1-6(2)5-14-10-4-8(12)7(11(15)16)3-9(10)13/h3-4,6,14H,5,13H2,1-2H3,(H,15,16). The zero-order valence-corrected chi connectivity index (χ0v) is 9.25. The number of carbonyl (C=O) groups is 1. The minimum absolute atomic E-state index is 0.236. The Bertz CT molecular complexity index is 405. The lowest BCUT2D eigenvalue weighted by Gasteiger charge is -2.12. The zero-order valence-electron chi connectivity index (χ0n) is 9.25. The lowest BCUT2D eigenvalue weighted by Crippen LogP contribution is -2.11. The predicted octanol–water partition coefficient (Wildman–Crippen LogP) is 2.17. The molecule has 0 amide bonds. The topological polar surface area (TPSA) is 75.3 Å². The van der Waals surface area contributed by atoms with Gasteiger partial charge in [-0.15, -0.1) is 0 Å². The molecule has 0 radical (unpaired) electrons. The van der Waals surface area contributed by atoms with E-state index in [4.69, 9.17) is 10.8 Å². The number of nitrogens with two attached hydrogens (primary N) is 1. The van der Waals surface area contributed by atoms with Gasteiger partial charge in [0, 0.05) is 6.54 Å². The zero-order chi connectivity index (χ0) is 12.3. The molecule has 16 heavy (non-hydrogen) atoms. The summed E-state index contributed by atoms with van der Waals surface area (Å²) < 4.78 is 13.3. The van der Waals surface area contributed by atoms with Crippen molar-refractivity contribution in [2.75, 3.05) is 17.6 Å². The Morgan fingerprint density at radius 3 is 2.69 bits per heavy atom. The van der Waals surface area contributed by atoms with Crippen LogP contribution in [0.15, 0.2) is 12.1 Å². The van der Waals surface area contributed by atoms with Gasteiger partial charge in [-0.3, -0.25) is 0 Å². The quantitative estimate of drug-likeness (QED) is 0.688. The smallest absolute Gasteiger partial charge is 0.338 e. The third-order valence-electron chi connectivity index (χ3n) is 2.07. The van der Waals surface area contributed by atoms with Crippen molar-refractivity contribution < 1.29 is 14.3 Å². The molecule has 0 heterocycles. The van der Waals surface area contributed by atoms with Crippen molar-refractivity contribution in [3.05, 3.63) is 23.5 Å². The lowest BCUT2D eigenvalue weighted by molar-refractivity contribution is 0.0692. The molecule has 0 atom stereocenters. The Morgan fingerprint density at radius 1 is 1.56 bits per heavy atom. The van der Waals surface area contributed by atoms with Gasteiger partial charge in [0.05, 0.1) is 16.9 Å². The second-order valence-corrected chi connectivity index (χ2v) is 4.00. The van der Waals surface area contributed by atoms with Crippen LogP contribution >= 0.6 is 0 Å². The van der Waals surface area contributed by atoms with Crippen LogP contribution in [-0.2, 0) is 0 Å². The van der Waals surface area contributed by atoms with Crippen LogP contribution in [-0.4, -0.2) is 17.6 Å². The molecule has 0 fully saturated rings. The minimum Gasteiger partial charge on any atom is -0.478 e. The van der Waals surface area contributed by atoms with E-state index in [1.54, 1.807) is 0 Å². The third-order valence-corrected chi connectivity index (χ3v) is 2.07. The number of benzene rings is 1. The summed E-state index contributed by atoms with van der Waals surface area (Å²) in [4.78, 5) is 10.6. The number of rotatable bonds is 4. The molecule has 4 nitrogen and oxygen atoms in total. The van der Waals surface area contributed by atoms with E-state index in [2.05, 4.69) is 5.32 Å². The van der Waals surface area contributed by atoms with E-state index in [9.17, 15) is 9.18 Å². The van der Waals surface area contributed by atoms with E-state index in [1.807, 2.05) is 13.8 Å². The van der Waals surface area contributed by atoms with Crippen molar-refractivity contribution in [3.63, 3.8) is 0 Å². The van der Waals surface area contributed by atoms with Gasteiger partial charge in [-0.05, 0) is 18.1 Å². The Hall–Kier alpha value is -1.78. The number of hydrogen-bond donors (Lipinski definition) is 3. The first-order chi connectivity index (χ1) is 7.41. The summed E-state index contributed by atoms with van der Waals surface area (Å²) in [7, 11) is 0. The number of hydrogen-bond acceptors (Lipinski definition) is 3. The first-order valence-corrected chi connectivity index (χ1v) is 4.98. The van der Waals surface area contributed by atoms with E-state index in [1.165, 1.54) is 0 Å². The summed E-state index contributed by atoms with van der Waals surface area (Å²) in [5.41, 5.74) is 5.87. The van der Waals surface area contributed by atoms with Crippen molar-refractivity contribution in [3.8, 4) is 0 Å². The fourth-order valence-corrected chi connectivity index (χ4v) is 1.22. The normalized spacial score (nSPS) is 10.5. The number of carboxylic acids is 1. The predicted molar refractivity (Wildman–Crippen MR) is 61.1 cm³/mol. The van der Waals surface area contributed by atoms with Gasteiger partial charge in [-0.1, -0.05) is 13.8 Å².